The smallest absolute Gasteiger partial charge is 0.339 e. The highest BCUT2D eigenvalue weighted by atomic mass is 79.9. The lowest BCUT2D eigenvalue weighted by Gasteiger charge is -2.16. The number of benzene rings is 1. The number of nitrogens with zero attached hydrogens (tertiary/aromatic N) is 1. The molecule has 1 aliphatic rings. The van der Waals surface area contributed by atoms with Crippen LogP contribution in [0.5, 0.6) is 5.75 Å². The Morgan fingerprint density at radius 2 is 2.28 bits per heavy atom. The van der Waals surface area contributed by atoms with Crippen LogP contribution in [0.1, 0.15) is 23.2 Å². The first kappa shape index (κ1) is 13.4. The third-order valence-electron chi connectivity index (χ3n) is 3.05. The summed E-state index contributed by atoms with van der Waals surface area (Å²) >= 11 is 3.32. The number of carboxylic acid groups (broad SMARTS) is 1. The van der Waals surface area contributed by atoms with Gasteiger partial charge in [-0.3, -0.25) is 0 Å². The van der Waals surface area contributed by atoms with Crippen molar-refractivity contribution < 1.29 is 14.6 Å². The molecule has 1 saturated carbocycles. The molecule has 0 spiro atoms. The molecular weight excluding hydrogens is 298 g/mol. The molecule has 0 amide bonds. The maximum Gasteiger partial charge on any atom is 0.339 e. The Morgan fingerprint density at radius 1 is 1.56 bits per heavy atom. The number of carbonyl (C=O) groups is 1. The second kappa shape index (κ2) is 5.71. The third-order valence-corrected chi connectivity index (χ3v) is 3.54. The molecule has 1 fully saturated rings. The summed E-state index contributed by atoms with van der Waals surface area (Å²) in [7, 11) is 2.07. The molecule has 1 N–H and O–H groups in total. The van der Waals surface area contributed by atoms with E-state index in [0.717, 1.165) is 11.0 Å². The van der Waals surface area contributed by atoms with Crippen LogP contribution in [-0.4, -0.2) is 42.2 Å². The monoisotopic (exact) mass is 313 g/mol. The predicted molar refractivity (Wildman–Crippen MR) is 72.2 cm³/mol. The van der Waals surface area contributed by atoms with Gasteiger partial charge in [-0.15, -0.1) is 0 Å². The van der Waals surface area contributed by atoms with Crippen molar-refractivity contribution in [2.24, 2.45) is 0 Å². The van der Waals surface area contributed by atoms with Gasteiger partial charge in [0.15, 0.2) is 0 Å². The molecule has 1 aromatic carbocycles. The van der Waals surface area contributed by atoms with Gasteiger partial charge in [0.2, 0.25) is 0 Å². The third kappa shape index (κ3) is 3.46. The maximum absolute atomic E-state index is 11.0. The first-order chi connectivity index (χ1) is 8.58. The number of hydrogen-bond acceptors (Lipinski definition) is 3. The van der Waals surface area contributed by atoms with Crippen molar-refractivity contribution in [3.8, 4) is 5.75 Å². The van der Waals surface area contributed by atoms with Gasteiger partial charge in [0.25, 0.3) is 0 Å². The number of likely N-dealkylation sites (N-methyl/N-ethyl adjacent to an activating group) is 1. The number of carboxylic acids is 1. The molecule has 0 aliphatic heterocycles. The molecule has 0 unspecified atom stereocenters. The highest BCUT2D eigenvalue weighted by molar-refractivity contribution is 9.10. The zero-order valence-electron chi connectivity index (χ0n) is 10.2. The van der Waals surface area contributed by atoms with Gasteiger partial charge in [-0.1, -0.05) is 15.9 Å². The first-order valence-electron chi connectivity index (χ1n) is 5.94. The normalized spacial score (nSPS) is 14.8. The molecule has 0 aromatic heterocycles. The molecule has 1 aromatic rings. The number of halogens is 1. The Balaban J connectivity index is 1.94. The lowest BCUT2D eigenvalue weighted by molar-refractivity contribution is 0.0691. The average Bonchev–Trinajstić information content (AvgIpc) is 3.12. The molecule has 0 atom stereocenters. The zero-order valence-corrected chi connectivity index (χ0v) is 11.8. The van der Waals surface area contributed by atoms with E-state index in [9.17, 15) is 4.79 Å². The summed E-state index contributed by atoms with van der Waals surface area (Å²) in [5.74, 6) is -0.547. The molecule has 1 aliphatic carbocycles. The summed E-state index contributed by atoms with van der Waals surface area (Å²) in [6.45, 7) is 1.32. The molecule has 98 valence electrons. The fraction of sp³-hybridized carbons (Fsp3) is 0.462. The minimum Gasteiger partial charge on any atom is -0.491 e. The summed E-state index contributed by atoms with van der Waals surface area (Å²) in [5, 5.41) is 9.06. The predicted octanol–water partition coefficient (Wildman–Crippen LogP) is 2.62. The second-order valence-corrected chi connectivity index (χ2v) is 5.42. The minimum absolute atomic E-state index is 0.201. The van der Waals surface area contributed by atoms with E-state index in [2.05, 4.69) is 27.9 Å². The van der Waals surface area contributed by atoms with E-state index in [1.807, 2.05) is 0 Å². The zero-order chi connectivity index (χ0) is 13.1. The molecule has 4 nitrogen and oxygen atoms in total. The standard InChI is InChI=1S/C13H16BrNO3/c1-15(10-3-4-10)6-7-18-12-8-9(14)2-5-11(12)13(16)17/h2,5,8,10H,3-4,6-7H2,1H3,(H,16,17). The van der Waals surface area contributed by atoms with E-state index in [0.29, 0.717) is 18.4 Å². The van der Waals surface area contributed by atoms with Crippen LogP contribution in [0.4, 0.5) is 0 Å². The minimum atomic E-state index is -0.965. The van der Waals surface area contributed by atoms with Crippen LogP contribution in [0.3, 0.4) is 0 Å². The number of ether oxygens (including phenoxy) is 1. The summed E-state index contributed by atoms with van der Waals surface area (Å²) < 4.78 is 6.39. The van der Waals surface area contributed by atoms with Crippen molar-refractivity contribution in [3.63, 3.8) is 0 Å². The van der Waals surface area contributed by atoms with E-state index in [1.54, 1.807) is 18.2 Å². The SMILES string of the molecule is CN(CCOc1cc(Br)ccc1C(=O)O)C1CC1. The van der Waals surface area contributed by atoms with Crippen molar-refractivity contribution in [3.05, 3.63) is 28.2 Å². The van der Waals surface area contributed by atoms with Crippen LogP contribution in [0.2, 0.25) is 0 Å². The lowest BCUT2D eigenvalue weighted by atomic mass is 10.2. The van der Waals surface area contributed by atoms with Gasteiger partial charge in [0.05, 0.1) is 0 Å². The Bertz CT molecular complexity index is 446. The Morgan fingerprint density at radius 3 is 2.89 bits per heavy atom. The van der Waals surface area contributed by atoms with E-state index in [1.165, 1.54) is 12.8 Å². The Labute approximate surface area is 115 Å². The van der Waals surface area contributed by atoms with E-state index < -0.39 is 5.97 Å². The van der Waals surface area contributed by atoms with Gasteiger partial charge in [-0.2, -0.15) is 0 Å². The van der Waals surface area contributed by atoms with Crippen molar-refractivity contribution >= 4 is 21.9 Å². The van der Waals surface area contributed by atoms with Gasteiger partial charge < -0.3 is 14.7 Å². The first-order valence-corrected chi connectivity index (χ1v) is 6.73. The van der Waals surface area contributed by atoms with Gasteiger partial charge in [0, 0.05) is 17.1 Å². The van der Waals surface area contributed by atoms with Crippen LogP contribution >= 0.6 is 15.9 Å². The fourth-order valence-corrected chi connectivity index (χ4v) is 2.13. The molecule has 0 radical (unpaired) electrons. The van der Waals surface area contributed by atoms with E-state index in [4.69, 9.17) is 9.84 Å². The van der Waals surface area contributed by atoms with Crippen LogP contribution < -0.4 is 4.74 Å². The van der Waals surface area contributed by atoms with Crippen molar-refractivity contribution in [2.45, 2.75) is 18.9 Å². The molecule has 5 heteroatoms. The van der Waals surface area contributed by atoms with Crippen LogP contribution in [0.15, 0.2) is 22.7 Å². The number of aromatic carboxylic acids is 1. The lowest BCUT2D eigenvalue weighted by Crippen LogP contribution is -2.26. The molecular formula is C13H16BrNO3. The number of hydrogen-bond donors (Lipinski definition) is 1. The molecule has 18 heavy (non-hydrogen) atoms. The maximum atomic E-state index is 11.0. The fourth-order valence-electron chi connectivity index (χ4n) is 1.79. The Kier molecular flexibility index (Phi) is 4.24. The van der Waals surface area contributed by atoms with Crippen LogP contribution in [-0.2, 0) is 0 Å². The van der Waals surface area contributed by atoms with Gasteiger partial charge >= 0.3 is 5.97 Å². The van der Waals surface area contributed by atoms with Gasteiger partial charge in [-0.25, -0.2) is 4.79 Å². The van der Waals surface area contributed by atoms with Crippen molar-refractivity contribution in [1.82, 2.24) is 4.90 Å². The van der Waals surface area contributed by atoms with E-state index in [-0.39, 0.29) is 5.56 Å². The van der Waals surface area contributed by atoms with Crippen molar-refractivity contribution in [1.29, 1.82) is 0 Å². The van der Waals surface area contributed by atoms with Gasteiger partial charge in [-0.05, 0) is 38.1 Å². The van der Waals surface area contributed by atoms with Crippen LogP contribution in [0.25, 0.3) is 0 Å². The molecule has 2 rings (SSSR count). The van der Waals surface area contributed by atoms with Crippen molar-refractivity contribution in [2.75, 3.05) is 20.2 Å². The highest BCUT2D eigenvalue weighted by Crippen LogP contribution is 2.26. The molecule has 0 heterocycles. The summed E-state index contributed by atoms with van der Waals surface area (Å²) in [6, 6.07) is 5.63. The molecule has 0 bridgehead atoms. The second-order valence-electron chi connectivity index (χ2n) is 4.51. The summed E-state index contributed by atoms with van der Waals surface area (Å²) in [6.07, 6.45) is 2.52. The average molecular weight is 314 g/mol. The highest BCUT2D eigenvalue weighted by Gasteiger charge is 2.25. The summed E-state index contributed by atoms with van der Waals surface area (Å²) in [5.41, 5.74) is 0.201. The number of rotatable bonds is 6. The Hall–Kier alpha value is -1.07. The molecule has 0 saturated heterocycles. The van der Waals surface area contributed by atoms with Gasteiger partial charge in [0.1, 0.15) is 17.9 Å². The quantitative estimate of drug-likeness (QED) is 0.877. The van der Waals surface area contributed by atoms with E-state index >= 15 is 0 Å². The largest absolute Gasteiger partial charge is 0.491 e. The van der Waals surface area contributed by atoms with Crippen LogP contribution in [0, 0.1) is 0 Å². The topological polar surface area (TPSA) is 49.8 Å². The summed E-state index contributed by atoms with van der Waals surface area (Å²) in [4.78, 5) is 13.3.